The first-order valence-corrected chi connectivity index (χ1v) is 7.13. The molecule has 1 saturated carbocycles. The van der Waals surface area contributed by atoms with Gasteiger partial charge in [-0.15, -0.1) is 5.10 Å². The van der Waals surface area contributed by atoms with Crippen molar-refractivity contribution < 1.29 is 9.53 Å². The van der Waals surface area contributed by atoms with Crippen LogP contribution in [0.5, 0.6) is 0 Å². The molecule has 1 aliphatic rings. The lowest BCUT2D eigenvalue weighted by molar-refractivity contribution is -0.151. The summed E-state index contributed by atoms with van der Waals surface area (Å²) in [6, 6.07) is 5.63. The number of carbonyl (C=O) groups is 1. The number of tetrazole rings is 1. The van der Waals surface area contributed by atoms with E-state index in [-0.39, 0.29) is 12.6 Å². The quantitative estimate of drug-likeness (QED) is 0.661. The number of aromatic nitrogens is 6. The molecule has 0 radical (unpaired) electrons. The average Bonchev–Trinajstić information content (AvgIpc) is 2.94. The first-order valence-electron chi connectivity index (χ1n) is 6.40. The van der Waals surface area contributed by atoms with Gasteiger partial charge in [-0.25, -0.2) is 9.48 Å². The Morgan fingerprint density at radius 2 is 2.19 bits per heavy atom. The Bertz CT molecular complexity index is 795. The molecule has 0 aliphatic heterocycles. The molecule has 4 rings (SSSR count). The topological polar surface area (TPSA) is 95.7 Å². The zero-order valence-electron chi connectivity index (χ0n) is 10.8. The van der Waals surface area contributed by atoms with Crippen LogP contribution in [-0.4, -0.2) is 34.9 Å². The summed E-state index contributed by atoms with van der Waals surface area (Å²) in [5, 5.41) is 10.9. The molecule has 2 heterocycles. The number of benzene rings is 1. The van der Waals surface area contributed by atoms with Crippen LogP contribution >= 0.6 is 11.7 Å². The number of ether oxygens (including phenoxy) is 1. The van der Waals surface area contributed by atoms with E-state index in [1.165, 1.54) is 22.7 Å². The van der Waals surface area contributed by atoms with E-state index in [1.807, 2.05) is 18.2 Å². The predicted octanol–water partition coefficient (Wildman–Crippen LogP) is 0.910. The Kier molecular flexibility index (Phi) is 2.67. The normalized spacial score (nSPS) is 16.0. The lowest BCUT2D eigenvalue weighted by Crippen LogP contribution is -2.30. The van der Waals surface area contributed by atoms with Crippen molar-refractivity contribution in [2.45, 2.75) is 25.0 Å². The summed E-state index contributed by atoms with van der Waals surface area (Å²) in [6.45, 7) is 0.205. The molecule has 3 aromatic rings. The van der Waals surface area contributed by atoms with Crippen LogP contribution in [0.25, 0.3) is 11.0 Å². The largest absolute Gasteiger partial charge is 0.459 e. The Morgan fingerprint density at radius 3 is 2.95 bits per heavy atom. The van der Waals surface area contributed by atoms with Crippen molar-refractivity contribution in [3.8, 4) is 0 Å². The molecule has 0 atom stereocenters. The summed E-state index contributed by atoms with van der Waals surface area (Å²) < 4.78 is 15.2. The van der Waals surface area contributed by atoms with Gasteiger partial charge in [0, 0.05) is 0 Å². The highest BCUT2D eigenvalue weighted by Crippen LogP contribution is 2.43. The van der Waals surface area contributed by atoms with E-state index in [9.17, 15) is 4.79 Å². The van der Waals surface area contributed by atoms with Crippen LogP contribution in [0, 0.1) is 0 Å². The third-order valence-electron chi connectivity index (χ3n) is 3.58. The summed E-state index contributed by atoms with van der Waals surface area (Å²) in [7, 11) is 0. The highest BCUT2D eigenvalue weighted by molar-refractivity contribution is 7.00. The van der Waals surface area contributed by atoms with Gasteiger partial charge in [-0.2, -0.15) is 8.75 Å². The highest BCUT2D eigenvalue weighted by Gasteiger charge is 2.54. The van der Waals surface area contributed by atoms with Crippen molar-refractivity contribution in [3.05, 3.63) is 30.1 Å². The number of nitrogens with zero attached hydrogens (tertiary/aromatic N) is 6. The maximum absolute atomic E-state index is 12.2. The molecule has 21 heavy (non-hydrogen) atoms. The van der Waals surface area contributed by atoms with E-state index < -0.39 is 5.54 Å². The van der Waals surface area contributed by atoms with Crippen LogP contribution in [-0.2, 0) is 21.7 Å². The summed E-state index contributed by atoms with van der Waals surface area (Å²) in [5.41, 5.74) is 1.84. The molecule has 0 saturated heterocycles. The molecule has 0 unspecified atom stereocenters. The van der Waals surface area contributed by atoms with Gasteiger partial charge in [-0.3, -0.25) is 0 Å². The number of hydrogen-bond donors (Lipinski definition) is 0. The van der Waals surface area contributed by atoms with Gasteiger partial charge in [0.15, 0.2) is 5.54 Å². The summed E-state index contributed by atoms with van der Waals surface area (Å²) in [4.78, 5) is 12.2. The molecule has 0 bridgehead atoms. The second-order valence-electron chi connectivity index (χ2n) is 4.95. The second-order valence-corrected chi connectivity index (χ2v) is 5.48. The van der Waals surface area contributed by atoms with Crippen molar-refractivity contribution >= 4 is 28.7 Å². The van der Waals surface area contributed by atoms with Gasteiger partial charge in [-0.1, -0.05) is 6.07 Å². The van der Waals surface area contributed by atoms with Crippen LogP contribution < -0.4 is 0 Å². The predicted molar refractivity (Wildman–Crippen MR) is 72.2 cm³/mol. The number of hydrogen-bond acceptors (Lipinski definition) is 8. The van der Waals surface area contributed by atoms with Gasteiger partial charge < -0.3 is 4.74 Å². The van der Waals surface area contributed by atoms with Crippen molar-refractivity contribution in [2.75, 3.05) is 0 Å². The highest BCUT2D eigenvalue weighted by atomic mass is 32.1. The van der Waals surface area contributed by atoms with E-state index >= 15 is 0 Å². The molecular formula is C12H10N6O2S. The van der Waals surface area contributed by atoms with Gasteiger partial charge >= 0.3 is 5.97 Å². The zero-order valence-corrected chi connectivity index (χ0v) is 11.7. The third-order valence-corrected chi connectivity index (χ3v) is 4.14. The standard InChI is InChI=1S/C12H10N6O2S/c19-11(12(3-4-12)18-7-13-16-17-18)20-6-8-1-2-9-10(5-8)15-21-14-9/h1-2,5,7H,3-4,6H2. The fourth-order valence-corrected chi connectivity index (χ4v) is 2.72. The molecule has 1 aliphatic carbocycles. The van der Waals surface area contributed by atoms with Crippen LogP contribution in [0.3, 0.4) is 0 Å². The lowest BCUT2D eigenvalue weighted by Gasteiger charge is -2.13. The van der Waals surface area contributed by atoms with Gasteiger partial charge in [0.05, 0.1) is 11.7 Å². The first kappa shape index (κ1) is 12.3. The average molecular weight is 302 g/mol. The van der Waals surface area contributed by atoms with Crippen LogP contribution in [0.4, 0.5) is 0 Å². The second kappa shape index (κ2) is 4.55. The van der Waals surface area contributed by atoms with Gasteiger partial charge in [0.1, 0.15) is 24.0 Å². The van der Waals surface area contributed by atoms with Crippen molar-refractivity contribution in [3.63, 3.8) is 0 Å². The Morgan fingerprint density at radius 1 is 1.33 bits per heavy atom. The van der Waals surface area contributed by atoms with E-state index in [0.29, 0.717) is 12.8 Å². The lowest BCUT2D eigenvalue weighted by atomic mass is 10.2. The van der Waals surface area contributed by atoms with E-state index in [0.717, 1.165) is 16.6 Å². The number of esters is 1. The van der Waals surface area contributed by atoms with Crippen molar-refractivity contribution in [1.82, 2.24) is 29.0 Å². The van der Waals surface area contributed by atoms with Gasteiger partial charge in [0.25, 0.3) is 0 Å². The zero-order chi connectivity index (χ0) is 14.3. The third kappa shape index (κ3) is 2.05. The molecule has 9 heteroatoms. The van der Waals surface area contributed by atoms with Gasteiger partial charge in [0.2, 0.25) is 0 Å². The SMILES string of the molecule is O=C(OCc1ccc2nsnc2c1)C1(n2cnnn2)CC1. The number of fused-ring (bicyclic) bond motifs is 1. The van der Waals surface area contributed by atoms with Crippen molar-refractivity contribution in [2.24, 2.45) is 0 Å². The smallest absolute Gasteiger partial charge is 0.334 e. The molecule has 0 amide bonds. The Labute approximate surface area is 123 Å². The van der Waals surface area contributed by atoms with Crippen LogP contribution in [0.2, 0.25) is 0 Å². The van der Waals surface area contributed by atoms with Crippen LogP contribution in [0.1, 0.15) is 18.4 Å². The Hall–Kier alpha value is -2.42. The molecule has 1 aromatic carbocycles. The summed E-state index contributed by atoms with van der Waals surface area (Å²) in [6.07, 6.45) is 2.85. The number of carbonyl (C=O) groups excluding carboxylic acids is 1. The summed E-state index contributed by atoms with van der Waals surface area (Å²) >= 11 is 1.17. The van der Waals surface area contributed by atoms with Gasteiger partial charge in [-0.05, 0) is 41.0 Å². The molecule has 1 fully saturated rings. The van der Waals surface area contributed by atoms with Crippen molar-refractivity contribution in [1.29, 1.82) is 0 Å². The summed E-state index contributed by atoms with van der Waals surface area (Å²) in [5.74, 6) is -0.300. The minimum Gasteiger partial charge on any atom is -0.459 e. The maximum atomic E-state index is 12.2. The minimum atomic E-state index is -0.713. The van der Waals surface area contributed by atoms with E-state index in [1.54, 1.807) is 0 Å². The molecule has 0 spiro atoms. The molecular weight excluding hydrogens is 292 g/mol. The number of rotatable bonds is 4. The molecule has 0 N–H and O–H groups in total. The molecule has 2 aromatic heterocycles. The molecule has 8 nitrogen and oxygen atoms in total. The van der Waals surface area contributed by atoms with E-state index in [2.05, 4.69) is 24.3 Å². The van der Waals surface area contributed by atoms with E-state index in [4.69, 9.17) is 4.74 Å². The molecule has 106 valence electrons. The maximum Gasteiger partial charge on any atom is 0.334 e. The first-order chi connectivity index (χ1) is 10.3. The fraction of sp³-hybridized carbons (Fsp3) is 0.333. The monoisotopic (exact) mass is 302 g/mol. The fourth-order valence-electron chi connectivity index (χ4n) is 2.20. The van der Waals surface area contributed by atoms with Crippen LogP contribution in [0.15, 0.2) is 24.5 Å². The Balaban J connectivity index is 1.48. The minimum absolute atomic E-state index is 0.205.